The summed E-state index contributed by atoms with van der Waals surface area (Å²) in [5.74, 6) is 1.79. The first-order chi connectivity index (χ1) is 10.7. The summed E-state index contributed by atoms with van der Waals surface area (Å²) in [7, 11) is 0. The van der Waals surface area contributed by atoms with Crippen molar-refractivity contribution in [1.82, 2.24) is 10.1 Å². The van der Waals surface area contributed by atoms with E-state index in [2.05, 4.69) is 20.8 Å². The predicted octanol–water partition coefficient (Wildman–Crippen LogP) is 3.36. The second-order valence-corrected chi connectivity index (χ2v) is 5.72. The van der Waals surface area contributed by atoms with E-state index in [1.807, 2.05) is 30.5 Å². The molecule has 0 saturated carbocycles. The number of amides is 1. The van der Waals surface area contributed by atoms with Crippen LogP contribution in [0.5, 0.6) is 0 Å². The number of aromatic nitrogens is 2. The van der Waals surface area contributed by atoms with Crippen molar-refractivity contribution >= 4 is 34.6 Å². The highest BCUT2D eigenvalue weighted by Gasteiger charge is 2.06. The Hall–Kier alpha value is -2.67. The summed E-state index contributed by atoms with van der Waals surface area (Å²) < 4.78 is 4.97. The molecule has 22 heavy (non-hydrogen) atoms. The van der Waals surface area contributed by atoms with E-state index in [1.165, 1.54) is 0 Å². The van der Waals surface area contributed by atoms with Crippen molar-refractivity contribution in [3.8, 4) is 0 Å². The smallest absolute Gasteiger partial charge is 0.230 e. The van der Waals surface area contributed by atoms with Crippen LogP contribution in [-0.4, -0.2) is 16.0 Å². The van der Waals surface area contributed by atoms with E-state index in [1.54, 1.807) is 29.7 Å². The third-order valence-electron chi connectivity index (χ3n) is 2.85. The molecule has 0 aliphatic carbocycles. The highest BCUT2D eigenvalue weighted by Crippen LogP contribution is 2.17. The maximum Gasteiger partial charge on any atom is 0.230 e. The normalized spacial score (nSPS) is 10.4. The first-order valence-corrected chi connectivity index (χ1v) is 7.55. The van der Waals surface area contributed by atoms with Crippen LogP contribution >= 0.6 is 11.3 Å². The van der Waals surface area contributed by atoms with Crippen LogP contribution in [0.1, 0.15) is 10.6 Å². The summed E-state index contributed by atoms with van der Waals surface area (Å²) in [5, 5.41) is 11.6. The minimum atomic E-state index is -0.0808. The van der Waals surface area contributed by atoms with Crippen molar-refractivity contribution in [2.75, 3.05) is 10.6 Å². The summed E-state index contributed by atoms with van der Waals surface area (Å²) in [6, 6.07) is 9.21. The fourth-order valence-electron chi connectivity index (χ4n) is 1.87. The van der Waals surface area contributed by atoms with Crippen molar-refractivity contribution in [2.45, 2.75) is 13.3 Å². The number of rotatable bonds is 5. The largest absolute Gasteiger partial charge is 0.360 e. The number of anilines is 3. The molecule has 0 aliphatic rings. The minimum absolute atomic E-state index is 0.0808. The van der Waals surface area contributed by atoms with Crippen LogP contribution in [0.4, 0.5) is 17.3 Å². The Morgan fingerprint density at radius 2 is 2.23 bits per heavy atom. The van der Waals surface area contributed by atoms with Crippen molar-refractivity contribution in [3.63, 3.8) is 0 Å². The maximum atomic E-state index is 11.9. The van der Waals surface area contributed by atoms with Gasteiger partial charge in [-0.1, -0.05) is 11.2 Å². The van der Waals surface area contributed by atoms with Crippen LogP contribution in [0.2, 0.25) is 0 Å². The second kappa shape index (κ2) is 6.40. The molecule has 2 N–H and O–H groups in total. The van der Waals surface area contributed by atoms with E-state index in [9.17, 15) is 4.79 Å². The Morgan fingerprint density at radius 3 is 2.86 bits per heavy atom. The fraction of sp³-hybridized carbons (Fsp3) is 0.133. The monoisotopic (exact) mass is 314 g/mol. The van der Waals surface area contributed by atoms with Crippen LogP contribution < -0.4 is 10.6 Å². The molecule has 0 fully saturated rings. The lowest BCUT2D eigenvalue weighted by atomic mass is 10.3. The molecule has 7 heteroatoms. The second-order valence-electron chi connectivity index (χ2n) is 4.68. The Balaban J connectivity index is 1.58. The van der Waals surface area contributed by atoms with Gasteiger partial charge in [0.15, 0.2) is 5.82 Å². The molecular weight excluding hydrogens is 300 g/mol. The number of nitrogens with zero attached hydrogens (tertiary/aromatic N) is 2. The molecule has 0 bridgehead atoms. The van der Waals surface area contributed by atoms with Gasteiger partial charge in [0.05, 0.1) is 18.3 Å². The molecule has 0 saturated heterocycles. The zero-order valence-electron chi connectivity index (χ0n) is 11.9. The third-order valence-corrected chi connectivity index (χ3v) is 3.72. The van der Waals surface area contributed by atoms with E-state index in [0.29, 0.717) is 18.1 Å². The first kappa shape index (κ1) is 14.3. The average Bonchev–Trinajstić information content (AvgIpc) is 3.13. The van der Waals surface area contributed by atoms with E-state index >= 15 is 0 Å². The highest BCUT2D eigenvalue weighted by molar-refractivity contribution is 7.10. The minimum Gasteiger partial charge on any atom is -0.360 e. The van der Waals surface area contributed by atoms with E-state index < -0.39 is 0 Å². The number of nitrogens with one attached hydrogen (secondary N) is 2. The number of aryl methyl sites for hydroxylation is 1. The van der Waals surface area contributed by atoms with Crippen LogP contribution in [-0.2, 0) is 11.2 Å². The van der Waals surface area contributed by atoms with Gasteiger partial charge in [-0.2, -0.15) is 0 Å². The number of hydrogen-bond donors (Lipinski definition) is 2. The molecule has 3 rings (SSSR count). The molecule has 3 aromatic rings. The van der Waals surface area contributed by atoms with Crippen LogP contribution in [0.15, 0.2) is 46.4 Å². The van der Waals surface area contributed by atoms with E-state index in [0.717, 1.165) is 16.3 Å². The van der Waals surface area contributed by atoms with E-state index in [4.69, 9.17) is 4.52 Å². The molecule has 0 unspecified atom stereocenters. The zero-order chi connectivity index (χ0) is 15.4. The van der Waals surface area contributed by atoms with Crippen LogP contribution in [0.3, 0.4) is 0 Å². The van der Waals surface area contributed by atoms with Gasteiger partial charge in [-0.15, -0.1) is 11.3 Å². The van der Waals surface area contributed by atoms with Crippen LogP contribution in [0, 0.1) is 6.92 Å². The van der Waals surface area contributed by atoms with Crippen molar-refractivity contribution < 1.29 is 9.32 Å². The molecule has 0 aromatic carbocycles. The molecular formula is C15H14N4O2S. The molecule has 3 heterocycles. The van der Waals surface area contributed by atoms with Gasteiger partial charge in [0.1, 0.15) is 11.6 Å². The lowest BCUT2D eigenvalue weighted by Gasteiger charge is -2.05. The maximum absolute atomic E-state index is 11.9. The zero-order valence-corrected chi connectivity index (χ0v) is 12.7. The number of pyridine rings is 1. The Bertz CT molecular complexity index is 750. The van der Waals surface area contributed by atoms with Gasteiger partial charge in [0.25, 0.3) is 0 Å². The Labute approximate surface area is 131 Å². The molecule has 0 aliphatic heterocycles. The number of hydrogen-bond acceptors (Lipinski definition) is 6. The summed E-state index contributed by atoms with van der Waals surface area (Å²) in [6.07, 6.45) is 1.99. The van der Waals surface area contributed by atoms with Crippen LogP contribution in [0.25, 0.3) is 0 Å². The molecule has 6 nitrogen and oxygen atoms in total. The first-order valence-electron chi connectivity index (χ1n) is 6.68. The standard InChI is InChI=1S/C15H14N4O2S/c1-10-7-14(19-21-10)17-11-4-5-13(16-9-11)18-15(20)8-12-3-2-6-22-12/h2-7,9H,8H2,1H3,(H,17,19)(H,16,18,20). The lowest BCUT2D eigenvalue weighted by molar-refractivity contribution is -0.115. The van der Waals surface area contributed by atoms with Gasteiger partial charge in [-0.05, 0) is 30.5 Å². The van der Waals surface area contributed by atoms with Gasteiger partial charge in [-0.25, -0.2) is 4.98 Å². The van der Waals surface area contributed by atoms with Crippen molar-refractivity contribution in [1.29, 1.82) is 0 Å². The van der Waals surface area contributed by atoms with Gasteiger partial charge < -0.3 is 15.2 Å². The quantitative estimate of drug-likeness (QED) is 0.755. The molecule has 3 aromatic heterocycles. The third kappa shape index (κ3) is 3.70. The molecule has 0 spiro atoms. The topological polar surface area (TPSA) is 80.0 Å². The Kier molecular flexibility index (Phi) is 4.15. The number of carbonyl (C=O) groups is 1. The lowest BCUT2D eigenvalue weighted by Crippen LogP contribution is -2.14. The van der Waals surface area contributed by atoms with Gasteiger partial charge in [0.2, 0.25) is 5.91 Å². The summed E-state index contributed by atoms with van der Waals surface area (Å²) >= 11 is 1.56. The fourth-order valence-corrected chi connectivity index (χ4v) is 2.58. The molecule has 0 atom stereocenters. The van der Waals surface area contributed by atoms with Crippen molar-refractivity contribution in [3.05, 3.63) is 52.5 Å². The molecule has 112 valence electrons. The highest BCUT2D eigenvalue weighted by atomic mass is 32.1. The Morgan fingerprint density at radius 1 is 1.32 bits per heavy atom. The molecule has 0 radical (unpaired) electrons. The summed E-state index contributed by atoms with van der Waals surface area (Å²) in [5.41, 5.74) is 0.768. The van der Waals surface area contributed by atoms with Gasteiger partial charge >= 0.3 is 0 Å². The van der Waals surface area contributed by atoms with Gasteiger partial charge in [0, 0.05) is 10.9 Å². The molecule has 1 amide bonds. The summed E-state index contributed by atoms with van der Waals surface area (Å²) in [4.78, 5) is 17.1. The van der Waals surface area contributed by atoms with Crippen molar-refractivity contribution in [2.24, 2.45) is 0 Å². The number of thiophene rings is 1. The SMILES string of the molecule is Cc1cc(Nc2ccc(NC(=O)Cc3cccs3)nc2)no1. The van der Waals surface area contributed by atoms with E-state index in [-0.39, 0.29) is 5.91 Å². The average molecular weight is 314 g/mol. The summed E-state index contributed by atoms with van der Waals surface area (Å²) in [6.45, 7) is 1.82. The van der Waals surface area contributed by atoms with Gasteiger partial charge in [-0.3, -0.25) is 4.79 Å². The predicted molar refractivity (Wildman–Crippen MR) is 85.4 cm³/mol. The number of carbonyl (C=O) groups excluding carboxylic acids is 1.